The van der Waals surface area contributed by atoms with Gasteiger partial charge in [0, 0.05) is 18.5 Å². The van der Waals surface area contributed by atoms with Crippen LogP contribution < -0.4 is 0 Å². The molecule has 0 aliphatic rings. The molecule has 0 saturated carbocycles. The van der Waals surface area contributed by atoms with Gasteiger partial charge in [-0.05, 0) is 36.8 Å². The van der Waals surface area contributed by atoms with Crippen LogP contribution in [0.25, 0.3) is 0 Å². The highest BCUT2D eigenvalue weighted by Gasteiger charge is 2.16. The first kappa shape index (κ1) is 18.1. The molecule has 1 aromatic carbocycles. The summed E-state index contributed by atoms with van der Waals surface area (Å²) in [6.07, 6.45) is 0.295. The Labute approximate surface area is 145 Å². The highest BCUT2D eigenvalue weighted by atomic mass is 16.5. The average molecular weight is 338 g/mol. The number of aromatic nitrogens is 1. The number of ketones is 1. The molecule has 0 aliphatic carbocycles. The molecule has 0 aliphatic heterocycles. The Morgan fingerprint density at radius 3 is 2.76 bits per heavy atom. The molecule has 0 bridgehead atoms. The number of benzene rings is 1. The van der Waals surface area contributed by atoms with Crippen LogP contribution >= 0.6 is 0 Å². The summed E-state index contributed by atoms with van der Waals surface area (Å²) in [5, 5.41) is 18.8. The SMILES string of the molecule is CCOC(=O)CCC(=O)c1nc(Cc2cccc(C#N)c2)ccc1O. The second-order valence-corrected chi connectivity index (χ2v) is 5.39. The van der Waals surface area contributed by atoms with Crippen molar-refractivity contribution in [2.75, 3.05) is 6.61 Å². The number of nitriles is 1. The van der Waals surface area contributed by atoms with E-state index in [9.17, 15) is 14.7 Å². The van der Waals surface area contributed by atoms with E-state index in [0.717, 1.165) is 5.56 Å². The van der Waals surface area contributed by atoms with E-state index in [0.29, 0.717) is 17.7 Å². The van der Waals surface area contributed by atoms with Crippen molar-refractivity contribution in [3.05, 3.63) is 58.9 Å². The fourth-order valence-corrected chi connectivity index (χ4v) is 2.32. The van der Waals surface area contributed by atoms with Crippen molar-refractivity contribution in [1.82, 2.24) is 4.98 Å². The zero-order chi connectivity index (χ0) is 18.2. The van der Waals surface area contributed by atoms with Gasteiger partial charge in [0.05, 0.1) is 24.7 Å². The standard InChI is InChI=1S/C19H18N2O4/c1-2-25-18(24)9-8-17(23)19-16(22)7-6-15(21-19)11-13-4-3-5-14(10-13)12-20/h3-7,10,22H,2,8-9,11H2,1H3. The van der Waals surface area contributed by atoms with Crippen molar-refractivity contribution >= 4 is 11.8 Å². The highest BCUT2D eigenvalue weighted by molar-refractivity contribution is 5.98. The first-order valence-electron chi connectivity index (χ1n) is 7.90. The van der Waals surface area contributed by atoms with Crippen LogP contribution in [0.1, 0.15) is 47.1 Å². The molecule has 25 heavy (non-hydrogen) atoms. The first-order chi connectivity index (χ1) is 12.0. The Kier molecular flexibility index (Phi) is 6.24. The van der Waals surface area contributed by atoms with Gasteiger partial charge in [0.1, 0.15) is 11.4 Å². The average Bonchev–Trinajstić information content (AvgIpc) is 2.61. The second-order valence-electron chi connectivity index (χ2n) is 5.39. The van der Waals surface area contributed by atoms with Crippen molar-refractivity contribution in [2.24, 2.45) is 0 Å². The number of esters is 1. The Balaban J connectivity index is 2.12. The third kappa shape index (κ3) is 5.15. The summed E-state index contributed by atoms with van der Waals surface area (Å²) < 4.78 is 4.78. The third-order valence-corrected chi connectivity index (χ3v) is 3.50. The van der Waals surface area contributed by atoms with Crippen LogP contribution in [0.3, 0.4) is 0 Å². The second kappa shape index (κ2) is 8.60. The predicted octanol–water partition coefficient (Wildman–Crippen LogP) is 2.78. The molecule has 0 fully saturated rings. The zero-order valence-corrected chi connectivity index (χ0v) is 13.9. The van der Waals surface area contributed by atoms with Gasteiger partial charge in [-0.2, -0.15) is 5.26 Å². The fourth-order valence-electron chi connectivity index (χ4n) is 2.32. The van der Waals surface area contributed by atoms with Crippen molar-refractivity contribution in [2.45, 2.75) is 26.2 Å². The number of rotatable bonds is 7. The molecule has 2 aromatic rings. The number of carbonyl (C=O) groups excluding carboxylic acids is 2. The maximum absolute atomic E-state index is 12.2. The minimum atomic E-state index is -0.459. The van der Waals surface area contributed by atoms with Gasteiger partial charge in [-0.25, -0.2) is 4.98 Å². The minimum absolute atomic E-state index is 0.0533. The molecule has 0 spiro atoms. The van der Waals surface area contributed by atoms with Gasteiger partial charge in [-0.1, -0.05) is 12.1 Å². The van der Waals surface area contributed by atoms with Crippen LogP contribution in [0.5, 0.6) is 5.75 Å². The lowest BCUT2D eigenvalue weighted by molar-refractivity contribution is -0.143. The highest BCUT2D eigenvalue weighted by Crippen LogP contribution is 2.19. The normalized spacial score (nSPS) is 10.1. The predicted molar refractivity (Wildman–Crippen MR) is 90.1 cm³/mol. The molecule has 128 valence electrons. The summed E-state index contributed by atoms with van der Waals surface area (Å²) in [5.74, 6) is -1.10. The third-order valence-electron chi connectivity index (χ3n) is 3.50. The number of Topliss-reactive ketones (excluding diaryl/α,β-unsaturated/α-hetero) is 1. The summed E-state index contributed by atoms with van der Waals surface area (Å²) in [5.41, 5.74) is 1.95. The Hall–Kier alpha value is -3.20. The molecule has 6 heteroatoms. The summed E-state index contributed by atoms with van der Waals surface area (Å²) >= 11 is 0. The molecular formula is C19H18N2O4. The number of hydrogen-bond acceptors (Lipinski definition) is 6. The van der Waals surface area contributed by atoms with E-state index in [2.05, 4.69) is 11.1 Å². The number of nitrogens with zero attached hydrogens (tertiary/aromatic N) is 2. The molecule has 1 N–H and O–H groups in total. The van der Waals surface area contributed by atoms with Crippen LogP contribution in [0, 0.1) is 11.3 Å². The maximum Gasteiger partial charge on any atom is 0.306 e. The van der Waals surface area contributed by atoms with Gasteiger partial charge in [0.15, 0.2) is 5.78 Å². The Bertz CT molecular complexity index is 824. The van der Waals surface area contributed by atoms with Crippen molar-refractivity contribution in [1.29, 1.82) is 5.26 Å². The Morgan fingerprint density at radius 2 is 2.04 bits per heavy atom. The summed E-state index contributed by atoms with van der Waals surface area (Å²) in [7, 11) is 0. The zero-order valence-electron chi connectivity index (χ0n) is 13.9. The summed E-state index contributed by atoms with van der Waals surface area (Å²) in [6.45, 7) is 1.95. The number of pyridine rings is 1. The fraction of sp³-hybridized carbons (Fsp3) is 0.263. The van der Waals surface area contributed by atoms with Gasteiger partial charge in [0.25, 0.3) is 0 Å². The van der Waals surface area contributed by atoms with Crippen LogP contribution in [0.4, 0.5) is 0 Å². The molecule has 0 amide bonds. The van der Waals surface area contributed by atoms with E-state index >= 15 is 0 Å². The first-order valence-corrected chi connectivity index (χ1v) is 7.90. The largest absolute Gasteiger partial charge is 0.506 e. The molecular weight excluding hydrogens is 320 g/mol. The van der Waals surface area contributed by atoms with Crippen molar-refractivity contribution < 1.29 is 19.4 Å². The number of carbonyl (C=O) groups is 2. The number of hydrogen-bond donors (Lipinski definition) is 1. The maximum atomic E-state index is 12.2. The molecule has 6 nitrogen and oxygen atoms in total. The molecule has 1 aromatic heterocycles. The monoisotopic (exact) mass is 338 g/mol. The molecule has 0 atom stereocenters. The van der Waals surface area contributed by atoms with Gasteiger partial charge >= 0.3 is 5.97 Å². The van der Waals surface area contributed by atoms with Crippen molar-refractivity contribution in [3.8, 4) is 11.8 Å². The summed E-state index contributed by atoms with van der Waals surface area (Å²) in [6, 6.07) is 12.2. The number of aromatic hydroxyl groups is 1. The van der Waals surface area contributed by atoms with Crippen LogP contribution in [-0.2, 0) is 16.0 Å². The topological polar surface area (TPSA) is 100 Å². The molecule has 0 saturated heterocycles. The molecule has 2 rings (SSSR count). The van der Waals surface area contributed by atoms with Gasteiger partial charge < -0.3 is 9.84 Å². The lowest BCUT2D eigenvalue weighted by Crippen LogP contribution is -2.10. The van der Waals surface area contributed by atoms with E-state index in [-0.39, 0.29) is 30.9 Å². The van der Waals surface area contributed by atoms with Crippen LogP contribution in [0.15, 0.2) is 36.4 Å². The van der Waals surface area contributed by atoms with Crippen molar-refractivity contribution in [3.63, 3.8) is 0 Å². The van der Waals surface area contributed by atoms with E-state index < -0.39 is 11.8 Å². The van der Waals surface area contributed by atoms with Gasteiger partial charge in [-0.3, -0.25) is 9.59 Å². The van der Waals surface area contributed by atoms with Gasteiger partial charge in [0.2, 0.25) is 0 Å². The lowest BCUT2D eigenvalue weighted by Gasteiger charge is -2.07. The van der Waals surface area contributed by atoms with Crippen LogP contribution in [0.2, 0.25) is 0 Å². The van der Waals surface area contributed by atoms with Gasteiger partial charge in [-0.15, -0.1) is 0 Å². The van der Waals surface area contributed by atoms with Crippen LogP contribution in [-0.4, -0.2) is 28.4 Å². The van der Waals surface area contributed by atoms with E-state index in [1.54, 1.807) is 31.2 Å². The molecule has 1 heterocycles. The van der Waals surface area contributed by atoms with E-state index in [1.165, 1.54) is 6.07 Å². The Morgan fingerprint density at radius 1 is 1.24 bits per heavy atom. The molecule has 0 unspecified atom stereocenters. The quantitative estimate of drug-likeness (QED) is 0.615. The minimum Gasteiger partial charge on any atom is -0.506 e. The smallest absolute Gasteiger partial charge is 0.306 e. The number of ether oxygens (including phenoxy) is 1. The lowest BCUT2D eigenvalue weighted by atomic mass is 10.1. The van der Waals surface area contributed by atoms with E-state index in [4.69, 9.17) is 10.00 Å². The molecule has 0 radical (unpaired) electrons. The van der Waals surface area contributed by atoms with E-state index in [1.807, 2.05) is 6.07 Å². The summed E-state index contributed by atoms with van der Waals surface area (Å²) in [4.78, 5) is 27.8.